The first kappa shape index (κ1) is 26.8. The fourth-order valence-electron chi connectivity index (χ4n) is 2.61. The quantitative estimate of drug-likeness (QED) is 0.365. The highest BCUT2D eigenvalue weighted by Gasteiger charge is 2.42. The van der Waals surface area contributed by atoms with Crippen molar-refractivity contribution in [3.63, 3.8) is 0 Å². The van der Waals surface area contributed by atoms with Crippen molar-refractivity contribution in [3.05, 3.63) is 0 Å². The lowest BCUT2D eigenvalue weighted by Gasteiger charge is -2.37. The molecule has 0 aromatic carbocycles. The number of carbonyl (C=O) groups is 1. The molecule has 6 nitrogen and oxygen atoms in total. The molecule has 1 unspecified atom stereocenters. The summed E-state index contributed by atoms with van der Waals surface area (Å²) >= 11 is 0. The van der Waals surface area contributed by atoms with Crippen LogP contribution in [-0.2, 0) is 17.7 Å². The van der Waals surface area contributed by atoms with E-state index in [4.69, 9.17) is 17.7 Å². The highest BCUT2D eigenvalue weighted by molar-refractivity contribution is 6.76. The summed E-state index contributed by atoms with van der Waals surface area (Å²) in [4.78, 5) is 12.7. The van der Waals surface area contributed by atoms with E-state index in [1.165, 1.54) is 0 Å². The van der Waals surface area contributed by atoms with E-state index in [1.807, 2.05) is 38.1 Å². The Bertz CT molecular complexity index is 432. The van der Waals surface area contributed by atoms with E-state index in [0.717, 1.165) is 12.8 Å². The number of nitrogens with zero attached hydrogens (tertiary/aromatic N) is 1. The maximum Gasteiger partial charge on any atom is 0.501 e. The van der Waals surface area contributed by atoms with Crippen molar-refractivity contribution in [2.75, 3.05) is 19.8 Å². The molecule has 0 aromatic heterocycles. The summed E-state index contributed by atoms with van der Waals surface area (Å²) in [6.45, 7) is 22.5. The average Bonchev–Trinajstić information content (AvgIpc) is 2.48. The predicted octanol–water partition coefficient (Wildman–Crippen LogP) is 5.31. The van der Waals surface area contributed by atoms with Gasteiger partial charge in [-0.15, -0.1) is 0 Å². The van der Waals surface area contributed by atoms with Crippen LogP contribution in [0.25, 0.3) is 0 Å². The van der Waals surface area contributed by atoms with Crippen molar-refractivity contribution in [2.45, 2.75) is 92.0 Å². The molecule has 0 fully saturated rings. The lowest BCUT2D eigenvalue weighted by molar-refractivity contribution is 0.0364. The fraction of sp³-hybridized carbons (Fsp3) is 0.944. The van der Waals surface area contributed by atoms with Crippen molar-refractivity contribution in [1.82, 2.24) is 4.57 Å². The van der Waals surface area contributed by atoms with Gasteiger partial charge in [0.15, 0.2) is 8.24 Å². The van der Waals surface area contributed by atoms with Gasteiger partial charge in [-0.25, -0.2) is 4.79 Å². The molecule has 0 saturated heterocycles. The third-order valence-electron chi connectivity index (χ3n) is 3.97. The molecule has 0 heterocycles. The van der Waals surface area contributed by atoms with E-state index in [0.29, 0.717) is 25.8 Å². The van der Waals surface area contributed by atoms with E-state index >= 15 is 0 Å². The zero-order valence-corrected chi connectivity index (χ0v) is 22.3. The minimum absolute atomic E-state index is 0.0970. The fourth-order valence-corrected chi connectivity index (χ4v) is 7.64. The number of carbonyl (C=O) groups excluding carboxylic acids is 1. The minimum Gasteiger partial charge on any atom is -0.505 e. The van der Waals surface area contributed by atoms with Gasteiger partial charge in [0.2, 0.25) is 8.32 Å². The maximum atomic E-state index is 12.7. The molecule has 0 bridgehead atoms. The number of hydrogen-bond acceptors (Lipinski definition) is 5. The Morgan fingerprint density at radius 3 is 1.85 bits per heavy atom. The van der Waals surface area contributed by atoms with Crippen molar-refractivity contribution in [3.8, 4) is 0 Å². The molecule has 0 spiro atoms. The molecule has 0 aliphatic carbocycles. The first-order valence-electron chi connectivity index (χ1n) is 10.3. The van der Waals surface area contributed by atoms with Crippen LogP contribution in [-0.4, -0.2) is 61.9 Å². The molecule has 1 atom stereocenters. The SMILES string of the molecule is CCO[Si](CCCN(C(=O)O[Si](C)(C)C)[Si](C)(C)C)(OCC)OC(C)CC. The third-order valence-corrected chi connectivity index (χ3v) is 9.97. The number of rotatable bonds is 13. The van der Waals surface area contributed by atoms with Crippen LogP contribution in [0.4, 0.5) is 4.79 Å². The molecule has 0 aromatic rings. The van der Waals surface area contributed by atoms with Crippen LogP contribution in [0.1, 0.15) is 40.5 Å². The van der Waals surface area contributed by atoms with E-state index in [9.17, 15) is 4.79 Å². The molecule has 0 aliphatic rings. The van der Waals surface area contributed by atoms with Crippen LogP contribution in [0.2, 0.25) is 45.3 Å². The molecule has 0 N–H and O–H groups in total. The van der Waals surface area contributed by atoms with Crippen LogP contribution in [0.5, 0.6) is 0 Å². The summed E-state index contributed by atoms with van der Waals surface area (Å²) < 4.78 is 26.0. The summed E-state index contributed by atoms with van der Waals surface area (Å²) in [6.07, 6.45) is 1.63. The molecular weight excluding hydrogens is 394 g/mol. The second-order valence-corrected chi connectivity index (χ2v) is 20.8. The van der Waals surface area contributed by atoms with Gasteiger partial charge in [-0.3, -0.25) is 0 Å². The Labute approximate surface area is 170 Å². The van der Waals surface area contributed by atoms with Crippen LogP contribution in [0, 0.1) is 0 Å². The van der Waals surface area contributed by atoms with Gasteiger partial charge >= 0.3 is 14.9 Å². The van der Waals surface area contributed by atoms with E-state index in [2.05, 4.69) is 33.5 Å². The molecule has 0 rings (SSSR count). The van der Waals surface area contributed by atoms with E-state index in [-0.39, 0.29) is 12.2 Å². The standard InChI is InChI=1S/C18H43NO5Si3/c1-11-17(4)23-27(21-12-2,22-13-3)16-14-15-19(25(5,6)7)18(20)24-26(8,9)10/h17H,11-16H2,1-10H3. The lowest BCUT2D eigenvalue weighted by atomic mass is 10.3. The molecule has 9 heteroatoms. The zero-order chi connectivity index (χ0) is 21.3. The maximum absolute atomic E-state index is 12.7. The van der Waals surface area contributed by atoms with Gasteiger partial charge in [0.1, 0.15) is 0 Å². The summed E-state index contributed by atoms with van der Waals surface area (Å²) in [5, 5.41) is 0. The summed E-state index contributed by atoms with van der Waals surface area (Å²) in [7, 11) is -6.51. The van der Waals surface area contributed by atoms with Gasteiger partial charge in [-0.1, -0.05) is 26.6 Å². The summed E-state index contributed by atoms with van der Waals surface area (Å²) in [5.74, 6) is 0. The van der Waals surface area contributed by atoms with Crippen LogP contribution in [0.15, 0.2) is 0 Å². The number of hydrogen-bond donors (Lipinski definition) is 0. The molecular formula is C18H43NO5Si3. The van der Waals surface area contributed by atoms with Crippen molar-refractivity contribution < 1.29 is 22.5 Å². The largest absolute Gasteiger partial charge is 0.505 e. The first-order valence-corrected chi connectivity index (χ1v) is 19.0. The smallest absolute Gasteiger partial charge is 0.501 e. The van der Waals surface area contributed by atoms with Crippen molar-refractivity contribution in [2.24, 2.45) is 0 Å². The van der Waals surface area contributed by atoms with Gasteiger partial charge in [-0.2, -0.15) is 0 Å². The molecule has 1 amide bonds. The third kappa shape index (κ3) is 10.8. The molecule has 0 aliphatic heterocycles. The van der Waals surface area contributed by atoms with E-state index in [1.54, 1.807) is 0 Å². The Morgan fingerprint density at radius 1 is 0.963 bits per heavy atom. The number of amides is 1. The normalized spacial score (nSPS) is 14.1. The molecule has 27 heavy (non-hydrogen) atoms. The topological polar surface area (TPSA) is 57.2 Å². The highest BCUT2D eigenvalue weighted by Crippen LogP contribution is 2.23. The second-order valence-electron chi connectivity index (χ2n) is 8.79. The van der Waals surface area contributed by atoms with Gasteiger partial charge in [-0.05, 0) is 53.3 Å². The Morgan fingerprint density at radius 2 is 1.48 bits per heavy atom. The lowest BCUT2D eigenvalue weighted by Crippen LogP contribution is -2.53. The van der Waals surface area contributed by atoms with Crippen LogP contribution >= 0.6 is 0 Å². The van der Waals surface area contributed by atoms with Gasteiger partial charge in [0.05, 0.1) is 0 Å². The minimum atomic E-state index is -2.74. The second kappa shape index (κ2) is 11.7. The predicted molar refractivity (Wildman–Crippen MR) is 119 cm³/mol. The highest BCUT2D eigenvalue weighted by atomic mass is 28.4. The molecule has 0 saturated carbocycles. The van der Waals surface area contributed by atoms with Gasteiger partial charge in [0, 0.05) is 31.9 Å². The van der Waals surface area contributed by atoms with Crippen molar-refractivity contribution in [1.29, 1.82) is 0 Å². The molecule has 162 valence electrons. The van der Waals surface area contributed by atoms with Crippen LogP contribution in [0.3, 0.4) is 0 Å². The summed E-state index contributed by atoms with van der Waals surface area (Å²) in [6, 6.07) is 0.709. The zero-order valence-electron chi connectivity index (χ0n) is 19.3. The monoisotopic (exact) mass is 437 g/mol. The van der Waals surface area contributed by atoms with Gasteiger partial charge in [0.25, 0.3) is 0 Å². The Kier molecular flexibility index (Phi) is 11.6. The Balaban J connectivity index is 5.17. The van der Waals surface area contributed by atoms with Crippen LogP contribution < -0.4 is 0 Å². The molecule has 0 radical (unpaired) electrons. The first-order chi connectivity index (χ1) is 12.3. The summed E-state index contributed by atoms with van der Waals surface area (Å²) in [5.41, 5.74) is 0. The Hall–Kier alpha value is -0.199. The van der Waals surface area contributed by atoms with Crippen molar-refractivity contribution >= 4 is 31.5 Å². The average molecular weight is 438 g/mol. The van der Waals surface area contributed by atoms with E-state index < -0.39 is 25.4 Å². The van der Waals surface area contributed by atoms with Gasteiger partial charge < -0.3 is 22.3 Å².